The van der Waals surface area contributed by atoms with Crippen LogP contribution in [0.2, 0.25) is 10.0 Å². The SMILES string of the molecule is COc1ccc(OC)c(C(C)NC(=O)Cc2ccc(Cl)cc2Cl)c1. The van der Waals surface area contributed by atoms with Gasteiger partial charge in [-0.05, 0) is 42.8 Å². The number of rotatable bonds is 6. The first-order valence-corrected chi connectivity index (χ1v) is 8.15. The highest BCUT2D eigenvalue weighted by Gasteiger charge is 2.16. The molecule has 1 unspecified atom stereocenters. The van der Waals surface area contributed by atoms with E-state index in [1.807, 2.05) is 25.1 Å². The van der Waals surface area contributed by atoms with E-state index in [0.717, 1.165) is 11.1 Å². The minimum Gasteiger partial charge on any atom is -0.497 e. The van der Waals surface area contributed by atoms with Crippen molar-refractivity contribution < 1.29 is 14.3 Å². The molecule has 0 spiro atoms. The molecule has 2 rings (SSSR count). The average Bonchev–Trinajstić information content (AvgIpc) is 2.56. The third kappa shape index (κ3) is 4.56. The quantitative estimate of drug-likeness (QED) is 0.821. The Labute approximate surface area is 151 Å². The Balaban J connectivity index is 2.11. The number of methoxy groups -OCH3 is 2. The van der Waals surface area contributed by atoms with Crippen LogP contribution in [-0.4, -0.2) is 20.1 Å². The number of hydrogen-bond acceptors (Lipinski definition) is 3. The van der Waals surface area contributed by atoms with Gasteiger partial charge in [0.2, 0.25) is 5.91 Å². The Morgan fingerprint density at radius 2 is 1.88 bits per heavy atom. The van der Waals surface area contributed by atoms with Gasteiger partial charge in [0.15, 0.2) is 0 Å². The Hall–Kier alpha value is -1.91. The Morgan fingerprint density at radius 3 is 2.50 bits per heavy atom. The van der Waals surface area contributed by atoms with E-state index in [2.05, 4.69) is 5.32 Å². The number of ether oxygens (including phenoxy) is 2. The zero-order valence-electron chi connectivity index (χ0n) is 13.7. The third-order valence-corrected chi connectivity index (χ3v) is 4.23. The molecule has 24 heavy (non-hydrogen) atoms. The summed E-state index contributed by atoms with van der Waals surface area (Å²) in [7, 11) is 3.19. The van der Waals surface area contributed by atoms with Crippen molar-refractivity contribution in [3.8, 4) is 11.5 Å². The number of amides is 1. The van der Waals surface area contributed by atoms with Crippen molar-refractivity contribution in [1.82, 2.24) is 5.32 Å². The van der Waals surface area contributed by atoms with Gasteiger partial charge < -0.3 is 14.8 Å². The molecule has 2 aromatic rings. The molecule has 0 aromatic heterocycles. The number of benzene rings is 2. The van der Waals surface area contributed by atoms with Crippen LogP contribution in [0.25, 0.3) is 0 Å². The van der Waals surface area contributed by atoms with Gasteiger partial charge in [-0.25, -0.2) is 0 Å². The van der Waals surface area contributed by atoms with Crippen LogP contribution in [-0.2, 0) is 11.2 Å². The predicted octanol–water partition coefficient (Wildman–Crippen LogP) is 4.43. The van der Waals surface area contributed by atoms with Gasteiger partial charge in [-0.15, -0.1) is 0 Å². The Morgan fingerprint density at radius 1 is 1.12 bits per heavy atom. The van der Waals surface area contributed by atoms with Crippen LogP contribution >= 0.6 is 23.2 Å². The van der Waals surface area contributed by atoms with Crippen LogP contribution < -0.4 is 14.8 Å². The number of hydrogen-bond donors (Lipinski definition) is 1. The van der Waals surface area contributed by atoms with Crippen molar-refractivity contribution in [1.29, 1.82) is 0 Å². The zero-order valence-corrected chi connectivity index (χ0v) is 15.2. The summed E-state index contributed by atoms with van der Waals surface area (Å²) in [6, 6.07) is 10.3. The average molecular weight is 368 g/mol. The zero-order chi connectivity index (χ0) is 17.7. The summed E-state index contributed by atoms with van der Waals surface area (Å²) in [6.45, 7) is 1.89. The monoisotopic (exact) mass is 367 g/mol. The highest BCUT2D eigenvalue weighted by molar-refractivity contribution is 6.35. The van der Waals surface area contributed by atoms with Gasteiger partial charge in [0.1, 0.15) is 11.5 Å². The topological polar surface area (TPSA) is 47.6 Å². The molecule has 0 aliphatic heterocycles. The van der Waals surface area contributed by atoms with Gasteiger partial charge in [0.25, 0.3) is 0 Å². The molecule has 1 atom stereocenters. The molecule has 128 valence electrons. The molecular weight excluding hydrogens is 349 g/mol. The van der Waals surface area contributed by atoms with Gasteiger partial charge in [-0.1, -0.05) is 29.3 Å². The van der Waals surface area contributed by atoms with Crippen molar-refractivity contribution in [2.24, 2.45) is 0 Å². The van der Waals surface area contributed by atoms with Crippen LogP contribution in [0.1, 0.15) is 24.1 Å². The van der Waals surface area contributed by atoms with Crippen molar-refractivity contribution >= 4 is 29.1 Å². The maximum Gasteiger partial charge on any atom is 0.224 e. The highest BCUT2D eigenvalue weighted by atomic mass is 35.5. The van der Waals surface area contributed by atoms with E-state index in [1.54, 1.807) is 32.4 Å². The molecule has 0 aliphatic rings. The molecule has 0 heterocycles. The van der Waals surface area contributed by atoms with Gasteiger partial charge >= 0.3 is 0 Å². The standard InChI is InChI=1S/C18H19Cl2NO3/c1-11(15-10-14(23-2)6-7-17(15)24-3)21-18(22)8-12-4-5-13(19)9-16(12)20/h4-7,9-11H,8H2,1-3H3,(H,21,22). The van der Waals surface area contributed by atoms with Crippen LogP contribution in [0.3, 0.4) is 0 Å². The summed E-state index contributed by atoms with van der Waals surface area (Å²) in [5.74, 6) is 1.25. The maximum atomic E-state index is 12.3. The summed E-state index contributed by atoms with van der Waals surface area (Å²) in [6.07, 6.45) is 0.173. The smallest absolute Gasteiger partial charge is 0.224 e. The molecule has 6 heteroatoms. The number of carbonyl (C=O) groups is 1. The van der Waals surface area contributed by atoms with Gasteiger partial charge in [0, 0.05) is 15.6 Å². The largest absolute Gasteiger partial charge is 0.497 e. The lowest BCUT2D eigenvalue weighted by atomic mass is 10.1. The molecule has 1 N–H and O–H groups in total. The molecule has 0 radical (unpaired) electrons. The molecular formula is C18H19Cl2NO3. The minimum atomic E-state index is -0.242. The lowest BCUT2D eigenvalue weighted by Crippen LogP contribution is -2.28. The second-order valence-electron chi connectivity index (χ2n) is 5.31. The molecule has 1 amide bonds. The first-order chi connectivity index (χ1) is 11.4. The maximum absolute atomic E-state index is 12.3. The summed E-state index contributed by atoms with van der Waals surface area (Å²) >= 11 is 12.0. The van der Waals surface area contributed by atoms with Crippen LogP contribution in [0.4, 0.5) is 0 Å². The molecule has 2 aromatic carbocycles. The van der Waals surface area contributed by atoms with E-state index < -0.39 is 0 Å². The van der Waals surface area contributed by atoms with Gasteiger partial charge in [0.05, 0.1) is 26.7 Å². The fourth-order valence-corrected chi connectivity index (χ4v) is 2.86. The molecule has 0 saturated carbocycles. The second-order valence-corrected chi connectivity index (χ2v) is 6.15. The first-order valence-electron chi connectivity index (χ1n) is 7.39. The number of nitrogens with one attached hydrogen (secondary N) is 1. The lowest BCUT2D eigenvalue weighted by Gasteiger charge is -2.18. The van der Waals surface area contributed by atoms with E-state index in [1.165, 1.54) is 0 Å². The fourth-order valence-electron chi connectivity index (χ4n) is 2.39. The Bertz CT molecular complexity index is 734. The lowest BCUT2D eigenvalue weighted by molar-refractivity contribution is -0.121. The van der Waals surface area contributed by atoms with Crippen LogP contribution in [0.15, 0.2) is 36.4 Å². The van der Waals surface area contributed by atoms with Crippen molar-refractivity contribution in [2.75, 3.05) is 14.2 Å². The van der Waals surface area contributed by atoms with Crippen molar-refractivity contribution in [3.05, 3.63) is 57.6 Å². The first kappa shape index (κ1) is 18.4. The normalized spacial score (nSPS) is 11.7. The molecule has 0 bridgehead atoms. The third-order valence-electron chi connectivity index (χ3n) is 3.65. The van der Waals surface area contributed by atoms with Gasteiger partial charge in [-0.2, -0.15) is 0 Å². The molecule has 4 nitrogen and oxygen atoms in total. The highest BCUT2D eigenvalue weighted by Crippen LogP contribution is 2.29. The van der Waals surface area contributed by atoms with E-state index in [9.17, 15) is 4.79 Å². The van der Waals surface area contributed by atoms with E-state index in [0.29, 0.717) is 21.5 Å². The van der Waals surface area contributed by atoms with Crippen LogP contribution in [0, 0.1) is 0 Å². The van der Waals surface area contributed by atoms with E-state index >= 15 is 0 Å². The summed E-state index contributed by atoms with van der Waals surface area (Å²) in [5.41, 5.74) is 1.57. The molecule has 0 fully saturated rings. The summed E-state index contributed by atoms with van der Waals surface area (Å²) < 4.78 is 10.6. The van der Waals surface area contributed by atoms with Crippen molar-refractivity contribution in [2.45, 2.75) is 19.4 Å². The summed E-state index contributed by atoms with van der Waals surface area (Å²) in [4.78, 5) is 12.3. The van der Waals surface area contributed by atoms with Crippen LogP contribution in [0.5, 0.6) is 11.5 Å². The van der Waals surface area contributed by atoms with E-state index in [4.69, 9.17) is 32.7 Å². The molecule has 0 saturated heterocycles. The Kier molecular flexibility index (Phi) is 6.35. The predicted molar refractivity (Wildman–Crippen MR) is 96.3 cm³/mol. The molecule has 0 aliphatic carbocycles. The minimum absolute atomic E-state index is 0.142. The van der Waals surface area contributed by atoms with E-state index in [-0.39, 0.29) is 18.4 Å². The number of halogens is 2. The van der Waals surface area contributed by atoms with Crippen molar-refractivity contribution in [3.63, 3.8) is 0 Å². The fraction of sp³-hybridized carbons (Fsp3) is 0.278. The number of carbonyl (C=O) groups excluding carboxylic acids is 1. The second kappa shape index (κ2) is 8.27. The van der Waals surface area contributed by atoms with Gasteiger partial charge in [-0.3, -0.25) is 4.79 Å². The summed E-state index contributed by atoms with van der Waals surface area (Å²) in [5, 5.41) is 3.96.